The maximum atomic E-state index is 11.6. The van der Waals surface area contributed by atoms with E-state index in [-0.39, 0.29) is 17.8 Å². The van der Waals surface area contributed by atoms with Crippen molar-refractivity contribution in [3.63, 3.8) is 0 Å². The molecule has 1 unspecified atom stereocenters. The third kappa shape index (κ3) is 2.10. The Hall–Kier alpha value is -1.88. The second-order valence-electron chi connectivity index (χ2n) is 4.88. The van der Waals surface area contributed by atoms with Crippen LogP contribution in [-0.2, 0) is 4.74 Å². The number of hydrogen-bond acceptors (Lipinski definition) is 4. The summed E-state index contributed by atoms with van der Waals surface area (Å²) in [5.74, 6) is -0.156. The number of nitrogens with zero attached hydrogens (tertiary/aromatic N) is 2. The lowest BCUT2D eigenvalue weighted by Gasteiger charge is -2.22. The average Bonchev–Trinajstić information content (AvgIpc) is 2.83. The van der Waals surface area contributed by atoms with Crippen molar-refractivity contribution in [3.8, 4) is 5.75 Å². The van der Waals surface area contributed by atoms with Gasteiger partial charge in [-0.3, -0.25) is 4.79 Å². The van der Waals surface area contributed by atoms with Crippen LogP contribution >= 0.6 is 0 Å². The van der Waals surface area contributed by atoms with Gasteiger partial charge in [0.2, 0.25) is 0 Å². The number of phenolic OH excluding ortho intramolecular Hbond substituents is 1. The normalized spacial score (nSPS) is 19.7. The summed E-state index contributed by atoms with van der Waals surface area (Å²) >= 11 is 0. The molecule has 3 rings (SSSR count). The molecule has 0 bridgehead atoms. The fourth-order valence-corrected chi connectivity index (χ4v) is 2.55. The summed E-state index contributed by atoms with van der Waals surface area (Å²) in [5, 5.41) is 14.9. The first kappa shape index (κ1) is 12.2. The summed E-state index contributed by atoms with van der Waals surface area (Å²) in [6, 6.07) is 3.23. The molecule has 1 aromatic carbocycles. The second kappa shape index (κ2) is 4.66. The van der Waals surface area contributed by atoms with E-state index in [1.165, 1.54) is 13.0 Å². The molecule has 5 nitrogen and oxygen atoms in total. The highest BCUT2D eigenvalue weighted by Gasteiger charge is 2.20. The fraction of sp³-hybridized carbons (Fsp3) is 0.429. The van der Waals surface area contributed by atoms with Gasteiger partial charge >= 0.3 is 0 Å². The van der Waals surface area contributed by atoms with E-state index in [1.54, 1.807) is 16.9 Å². The SMILES string of the molecule is CC(=O)c1c(O)ccc2nn(C3CCCCO3)cc12. The van der Waals surface area contributed by atoms with Crippen molar-refractivity contribution in [2.45, 2.75) is 32.4 Å². The van der Waals surface area contributed by atoms with E-state index in [4.69, 9.17) is 4.74 Å². The third-order valence-electron chi connectivity index (χ3n) is 3.49. The first-order chi connectivity index (χ1) is 9.16. The van der Waals surface area contributed by atoms with E-state index in [2.05, 4.69) is 5.10 Å². The van der Waals surface area contributed by atoms with Gasteiger partial charge < -0.3 is 9.84 Å². The number of carbonyl (C=O) groups is 1. The monoisotopic (exact) mass is 260 g/mol. The predicted octanol–water partition coefficient (Wildman–Crippen LogP) is 2.64. The standard InChI is InChI=1S/C14H16N2O3/c1-9(17)14-10-8-16(13-4-2-3-7-19-13)15-11(10)5-6-12(14)18/h5-6,8,13,18H,2-4,7H2,1H3. The molecular weight excluding hydrogens is 244 g/mol. The number of ether oxygens (including phenoxy) is 1. The molecule has 0 amide bonds. The van der Waals surface area contributed by atoms with Crippen LogP contribution in [0.2, 0.25) is 0 Å². The van der Waals surface area contributed by atoms with Gasteiger partial charge in [-0.1, -0.05) is 0 Å². The number of aromatic nitrogens is 2. The van der Waals surface area contributed by atoms with Crippen molar-refractivity contribution in [3.05, 3.63) is 23.9 Å². The van der Waals surface area contributed by atoms with Crippen LogP contribution in [0.25, 0.3) is 10.9 Å². The van der Waals surface area contributed by atoms with E-state index in [1.807, 2.05) is 0 Å². The highest BCUT2D eigenvalue weighted by atomic mass is 16.5. The van der Waals surface area contributed by atoms with Crippen LogP contribution in [0.5, 0.6) is 5.75 Å². The number of rotatable bonds is 2. The Labute approximate surface area is 110 Å². The zero-order valence-electron chi connectivity index (χ0n) is 10.8. The smallest absolute Gasteiger partial charge is 0.164 e. The van der Waals surface area contributed by atoms with Gasteiger partial charge in [0.05, 0.1) is 11.1 Å². The largest absolute Gasteiger partial charge is 0.507 e. The van der Waals surface area contributed by atoms with Crippen LogP contribution in [0.3, 0.4) is 0 Å². The highest BCUT2D eigenvalue weighted by Crippen LogP contribution is 2.29. The molecule has 0 saturated carbocycles. The van der Waals surface area contributed by atoms with Crippen molar-refractivity contribution in [1.82, 2.24) is 9.78 Å². The lowest BCUT2D eigenvalue weighted by molar-refractivity contribution is -0.0390. The van der Waals surface area contributed by atoms with Crippen LogP contribution < -0.4 is 0 Å². The van der Waals surface area contributed by atoms with Crippen molar-refractivity contribution < 1.29 is 14.6 Å². The van der Waals surface area contributed by atoms with Crippen molar-refractivity contribution in [2.75, 3.05) is 6.61 Å². The molecule has 1 saturated heterocycles. The van der Waals surface area contributed by atoms with Crippen molar-refractivity contribution in [2.24, 2.45) is 0 Å². The molecule has 1 N–H and O–H groups in total. The molecule has 1 aliphatic rings. The molecule has 1 atom stereocenters. The topological polar surface area (TPSA) is 64.3 Å². The summed E-state index contributed by atoms with van der Waals surface area (Å²) in [6.45, 7) is 2.19. The van der Waals surface area contributed by atoms with Crippen LogP contribution in [0.4, 0.5) is 0 Å². The molecule has 5 heteroatoms. The van der Waals surface area contributed by atoms with E-state index >= 15 is 0 Å². The van der Waals surface area contributed by atoms with Gasteiger partial charge in [0.1, 0.15) is 12.0 Å². The van der Waals surface area contributed by atoms with E-state index in [0.717, 1.165) is 25.9 Å². The molecule has 100 valence electrons. The minimum atomic E-state index is -0.160. The number of benzene rings is 1. The van der Waals surface area contributed by atoms with Crippen LogP contribution in [0.1, 0.15) is 42.8 Å². The highest BCUT2D eigenvalue weighted by molar-refractivity contribution is 6.08. The Morgan fingerprint density at radius 2 is 2.32 bits per heavy atom. The summed E-state index contributed by atoms with van der Waals surface area (Å²) in [7, 11) is 0. The number of phenols is 1. The molecule has 1 aromatic heterocycles. The summed E-state index contributed by atoms with van der Waals surface area (Å²) in [4.78, 5) is 11.6. The Kier molecular flexibility index (Phi) is 2.98. The predicted molar refractivity (Wildman–Crippen MR) is 70.2 cm³/mol. The molecule has 0 aliphatic carbocycles. The molecule has 1 aliphatic heterocycles. The average molecular weight is 260 g/mol. The Morgan fingerprint density at radius 1 is 1.47 bits per heavy atom. The summed E-state index contributed by atoms with van der Waals surface area (Å²) in [5.41, 5.74) is 1.04. The van der Waals surface area contributed by atoms with E-state index < -0.39 is 0 Å². The van der Waals surface area contributed by atoms with Gasteiger partial charge in [-0.25, -0.2) is 4.68 Å². The molecule has 1 fully saturated rings. The Bertz CT molecular complexity index is 627. The molecule has 19 heavy (non-hydrogen) atoms. The van der Waals surface area contributed by atoms with Crippen molar-refractivity contribution in [1.29, 1.82) is 0 Å². The lowest BCUT2D eigenvalue weighted by atomic mass is 10.1. The van der Waals surface area contributed by atoms with Crippen molar-refractivity contribution >= 4 is 16.7 Å². The zero-order valence-corrected chi connectivity index (χ0v) is 10.8. The first-order valence-corrected chi connectivity index (χ1v) is 6.50. The van der Waals surface area contributed by atoms with Gasteiger partial charge in [0.25, 0.3) is 0 Å². The number of fused-ring (bicyclic) bond motifs is 1. The second-order valence-corrected chi connectivity index (χ2v) is 4.88. The summed E-state index contributed by atoms with van der Waals surface area (Å²) in [6.07, 6.45) is 4.85. The minimum absolute atomic E-state index is 0.00381. The zero-order chi connectivity index (χ0) is 13.4. The minimum Gasteiger partial charge on any atom is -0.507 e. The van der Waals surface area contributed by atoms with Crippen LogP contribution in [-0.4, -0.2) is 27.3 Å². The first-order valence-electron chi connectivity index (χ1n) is 6.50. The molecule has 0 radical (unpaired) electrons. The molecule has 2 aromatic rings. The summed E-state index contributed by atoms with van der Waals surface area (Å²) < 4.78 is 7.44. The Balaban J connectivity index is 2.09. The number of hydrogen-bond donors (Lipinski definition) is 1. The molecular formula is C14H16N2O3. The van der Waals surface area contributed by atoms with Gasteiger partial charge in [-0.05, 0) is 38.3 Å². The third-order valence-corrected chi connectivity index (χ3v) is 3.49. The number of Topliss-reactive ketones (excluding diaryl/α,β-unsaturated/α-hetero) is 1. The fourth-order valence-electron chi connectivity index (χ4n) is 2.55. The van der Waals surface area contributed by atoms with Crippen LogP contribution in [0, 0.1) is 0 Å². The number of ketones is 1. The quantitative estimate of drug-likeness (QED) is 0.843. The van der Waals surface area contributed by atoms with Gasteiger partial charge in [-0.15, -0.1) is 0 Å². The molecule has 0 spiro atoms. The van der Waals surface area contributed by atoms with E-state index in [9.17, 15) is 9.90 Å². The van der Waals surface area contributed by atoms with Gasteiger partial charge in [0.15, 0.2) is 5.78 Å². The lowest BCUT2D eigenvalue weighted by Crippen LogP contribution is -2.18. The van der Waals surface area contributed by atoms with Crippen LogP contribution in [0.15, 0.2) is 18.3 Å². The molecule has 2 heterocycles. The van der Waals surface area contributed by atoms with Gasteiger partial charge in [-0.2, -0.15) is 5.10 Å². The number of aromatic hydroxyl groups is 1. The van der Waals surface area contributed by atoms with Gasteiger partial charge in [0, 0.05) is 18.2 Å². The maximum absolute atomic E-state index is 11.6. The number of carbonyl (C=O) groups excluding carboxylic acids is 1. The Morgan fingerprint density at radius 3 is 3.00 bits per heavy atom. The van der Waals surface area contributed by atoms with E-state index in [0.29, 0.717) is 16.5 Å². The maximum Gasteiger partial charge on any atom is 0.164 e.